The second kappa shape index (κ2) is 6.96. The highest BCUT2D eigenvalue weighted by atomic mass is 35.5. The van der Waals surface area contributed by atoms with Crippen LogP contribution in [0.2, 0.25) is 0 Å². The van der Waals surface area contributed by atoms with Gasteiger partial charge in [-0.15, -0.1) is 0 Å². The van der Waals surface area contributed by atoms with Gasteiger partial charge in [0.05, 0.1) is 11.5 Å². The Morgan fingerprint density at radius 2 is 1.48 bits per heavy atom. The maximum Gasteiger partial charge on any atom is 0.426 e. The largest absolute Gasteiger partial charge is 0.460 e. The first kappa shape index (κ1) is 21.5. The van der Waals surface area contributed by atoms with E-state index in [1.165, 1.54) is 13.8 Å². The van der Waals surface area contributed by atoms with Crippen molar-refractivity contribution in [1.29, 1.82) is 0 Å². The molecule has 0 aliphatic heterocycles. The number of hydrogen-bond donors (Lipinski definition) is 0. The summed E-state index contributed by atoms with van der Waals surface area (Å²) in [6.07, 6.45) is -4.20. The van der Waals surface area contributed by atoms with E-state index in [-0.39, 0.29) is 0 Å². The van der Waals surface area contributed by atoms with Crippen molar-refractivity contribution in [3.05, 3.63) is 45.8 Å². The molecule has 2 nitrogen and oxygen atoms in total. The van der Waals surface area contributed by atoms with Crippen LogP contribution < -0.4 is 0 Å². The number of allylic oxidation sites excluding steroid dienone is 2. The molecular weight excluding hydrogens is 412 g/mol. The Bertz CT molecular complexity index is 787. The third-order valence-corrected chi connectivity index (χ3v) is 4.76. The van der Waals surface area contributed by atoms with Crippen LogP contribution in [0.1, 0.15) is 19.4 Å². The van der Waals surface area contributed by atoms with Gasteiger partial charge in [-0.3, -0.25) is 4.79 Å². The van der Waals surface area contributed by atoms with Gasteiger partial charge >= 0.3 is 12.1 Å². The molecule has 0 amide bonds. The minimum atomic E-state index is -4.82. The van der Waals surface area contributed by atoms with Crippen molar-refractivity contribution >= 4 is 17.6 Å². The lowest BCUT2D eigenvalue weighted by Gasteiger charge is -2.09. The molecule has 150 valence electrons. The fraction of sp³-hybridized carbons (Fsp3) is 0.438. The highest BCUT2D eigenvalue weighted by Gasteiger charge is 2.62. The van der Waals surface area contributed by atoms with Gasteiger partial charge in [-0.1, -0.05) is 31.5 Å². The van der Waals surface area contributed by atoms with Crippen LogP contribution in [-0.2, 0) is 16.1 Å². The van der Waals surface area contributed by atoms with E-state index in [0.29, 0.717) is 6.08 Å². The number of rotatable bonds is 4. The van der Waals surface area contributed by atoms with Crippen LogP contribution >= 0.6 is 11.6 Å². The third-order valence-electron chi connectivity index (χ3n) is 4.42. The zero-order valence-electron chi connectivity index (χ0n) is 13.7. The van der Waals surface area contributed by atoms with Crippen molar-refractivity contribution in [3.8, 4) is 0 Å². The predicted molar refractivity (Wildman–Crippen MR) is 76.8 cm³/mol. The summed E-state index contributed by atoms with van der Waals surface area (Å²) in [6.45, 7) is 1.58. The summed E-state index contributed by atoms with van der Waals surface area (Å²) >= 11 is 5.12. The number of esters is 1. The Labute approximate surface area is 152 Å². The van der Waals surface area contributed by atoms with Crippen LogP contribution in [0.5, 0.6) is 0 Å². The van der Waals surface area contributed by atoms with Gasteiger partial charge in [0.15, 0.2) is 23.3 Å². The van der Waals surface area contributed by atoms with Gasteiger partial charge in [0, 0.05) is 0 Å². The molecule has 1 aromatic rings. The van der Waals surface area contributed by atoms with E-state index >= 15 is 0 Å². The molecule has 27 heavy (non-hydrogen) atoms. The molecule has 1 aromatic carbocycles. The van der Waals surface area contributed by atoms with Crippen molar-refractivity contribution in [3.63, 3.8) is 0 Å². The lowest BCUT2D eigenvalue weighted by molar-refractivity contribution is -0.147. The monoisotopic (exact) mass is 422 g/mol. The van der Waals surface area contributed by atoms with Crippen molar-refractivity contribution in [2.45, 2.75) is 26.6 Å². The first-order valence-corrected chi connectivity index (χ1v) is 7.70. The number of hydrogen-bond acceptors (Lipinski definition) is 2. The van der Waals surface area contributed by atoms with Gasteiger partial charge in [-0.2, -0.15) is 13.2 Å². The predicted octanol–water partition coefficient (Wildman–Crippen LogP) is 5.38. The summed E-state index contributed by atoms with van der Waals surface area (Å²) in [5, 5.41) is -1.45. The molecule has 0 aromatic heterocycles. The van der Waals surface area contributed by atoms with Gasteiger partial charge in [-0.25, -0.2) is 22.0 Å². The summed E-state index contributed by atoms with van der Waals surface area (Å²) < 4.78 is 108. The Balaban J connectivity index is 2.16. The lowest BCUT2D eigenvalue weighted by Crippen LogP contribution is -2.14. The third kappa shape index (κ3) is 3.90. The van der Waals surface area contributed by atoms with Crippen molar-refractivity contribution < 1.29 is 44.7 Å². The molecule has 11 heteroatoms. The average molecular weight is 423 g/mol. The summed E-state index contributed by atoms with van der Waals surface area (Å²) in [6, 6.07) is 0. The quantitative estimate of drug-likeness (QED) is 0.282. The summed E-state index contributed by atoms with van der Waals surface area (Å²) in [5.74, 6) is -14.4. The maximum absolute atomic E-state index is 13.5. The summed E-state index contributed by atoms with van der Waals surface area (Å²) in [5.41, 5.74) is -2.36. The van der Waals surface area contributed by atoms with Crippen LogP contribution in [0.3, 0.4) is 0 Å². The smallest absolute Gasteiger partial charge is 0.426 e. The topological polar surface area (TPSA) is 26.3 Å². The molecule has 1 fully saturated rings. The number of carbonyl (C=O) groups excluding carboxylic acids is 1. The zero-order chi connectivity index (χ0) is 20.9. The van der Waals surface area contributed by atoms with E-state index in [1.54, 1.807) is 0 Å². The van der Waals surface area contributed by atoms with Crippen LogP contribution in [0.25, 0.3) is 0 Å². The van der Waals surface area contributed by atoms with E-state index in [0.717, 1.165) is 0 Å². The number of alkyl halides is 3. The van der Waals surface area contributed by atoms with E-state index in [9.17, 15) is 39.9 Å². The maximum atomic E-state index is 13.5. The fourth-order valence-electron chi connectivity index (χ4n) is 2.70. The molecule has 0 bridgehead atoms. The van der Waals surface area contributed by atoms with Gasteiger partial charge in [-0.05, 0) is 11.3 Å². The number of halogens is 9. The highest BCUT2D eigenvalue weighted by molar-refractivity contribution is 6.30. The Morgan fingerprint density at radius 3 is 1.93 bits per heavy atom. The fourth-order valence-corrected chi connectivity index (χ4v) is 2.84. The summed E-state index contributed by atoms with van der Waals surface area (Å²) in [7, 11) is 0. The molecule has 2 atom stereocenters. The molecule has 0 unspecified atom stereocenters. The van der Waals surface area contributed by atoms with E-state index in [2.05, 4.69) is 4.74 Å². The molecule has 0 radical (unpaired) electrons. The van der Waals surface area contributed by atoms with Gasteiger partial charge < -0.3 is 4.74 Å². The summed E-state index contributed by atoms with van der Waals surface area (Å²) in [4.78, 5) is 12.0. The van der Waals surface area contributed by atoms with E-state index in [1.807, 2.05) is 0 Å². The number of carbonyl (C=O) groups is 1. The van der Waals surface area contributed by atoms with Crippen LogP contribution in [0.15, 0.2) is 11.1 Å². The molecule has 2 rings (SSSR count). The van der Waals surface area contributed by atoms with Crippen molar-refractivity contribution in [2.24, 2.45) is 17.3 Å². The molecule has 0 saturated heterocycles. The molecule has 1 aliphatic carbocycles. The minimum Gasteiger partial charge on any atom is -0.460 e. The second-order valence-electron chi connectivity index (χ2n) is 6.49. The highest BCUT2D eigenvalue weighted by Crippen LogP contribution is 2.60. The lowest BCUT2D eigenvalue weighted by atomic mass is 10.1. The van der Waals surface area contributed by atoms with Crippen LogP contribution in [0.4, 0.5) is 35.1 Å². The second-order valence-corrected chi connectivity index (χ2v) is 6.90. The Morgan fingerprint density at radius 1 is 1.04 bits per heavy atom. The molecule has 0 heterocycles. The number of ether oxygens (including phenoxy) is 1. The average Bonchev–Trinajstić information content (AvgIpc) is 3.10. The molecular formula is C16H11ClF8O2. The van der Waals surface area contributed by atoms with E-state index < -0.39 is 75.7 Å². The van der Waals surface area contributed by atoms with Gasteiger partial charge in [0.1, 0.15) is 11.6 Å². The number of benzene rings is 1. The first-order valence-electron chi connectivity index (χ1n) is 7.32. The standard InChI is InChI=1S/C16H11ClF8O2/c1-15(2)6(3-7(17)16(23,24)25)8(15)14(26)27-4-5-9(18)11(20)13(22)12(21)10(5)19/h3,6,8H,4H2,1-2H3/b7-3-/t6-,8+/m0/s1. The van der Waals surface area contributed by atoms with Gasteiger partial charge in [0.25, 0.3) is 0 Å². The Kier molecular flexibility index (Phi) is 5.53. The Hall–Kier alpha value is -1.84. The SMILES string of the molecule is CC1(C)[C@@H](/C=C(\Cl)C(F)(F)F)[C@@H]1C(=O)OCc1c(F)c(F)c(F)c(F)c1F. The van der Waals surface area contributed by atoms with Crippen LogP contribution in [-0.4, -0.2) is 12.1 Å². The zero-order valence-corrected chi connectivity index (χ0v) is 14.4. The molecule has 1 aliphatic rings. The molecule has 0 N–H and O–H groups in total. The molecule has 0 spiro atoms. The van der Waals surface area contributed by atoms with Crippen molar-refractivity contribution in [1.82, 2.24) is 0 Å². The van der Waals surface area contributed by atoms with E-state index in [4.69, 9.17) is 11.6 Å². The first-order chi connectivity index (χ1) is 12.2. The minimum absolute atomic E-state index is 0.617. The van der Waals surface area contributed by atoms with Crippen LogP contribution in [0, 0.1) is 46.3 Å². The van der Waals surface area contributed by atoms with Crippen molar-refractivity contribution in [2.75, 3.05) is 0 Å². The molecule has 1 saturated carbocycles. The van der Waals surface area contributed by atoms with Gasteiger partial charge in [0.2, 0.25) is 5.82 Å². The normalized spacial score (nSPS) is 22.0.